The van der Waals surface area contributed by atoms with Gasteiger partial charge in [-0.25, -0.2) is 0 Å². The number of carboxylic acids is 2. The lowest BCUT2D eigenvalue weighted by Gasteiger charge is -2.22. The van der Waals surface area contributed by atoms with Crippen molar-refractivity contribution in [2.75, 3.05) is 31.1 Å². The molecule has 2 amide bonds. The van der Waals surface area contributed by atoms with E-state index in [-0.39, 0.29) is 28.6 Å². The van der Waals surface area contributed by atoms with Gasteiger partial charge in [-0.3, -0.25) is 19.2 Å². The summed E-state index contributed by atoms with van der Waals surface area (Å²) >= 11 is 0. The average Bonchev–Trinajstić information content (AvgIpc) is 2.86. The molecule has 0 aliphatic rings. The van der Waals surface area contributed by atoms with Gasteiger partial charge in [0.1, 0.15) is 13.1 Å². The largest absolute Gasteiger partial charge is 0.480 e. The number of nitrogens with one attached hydrogen (secondary N) is 2. The number of carbonyl (C=O) groups excluding carboxylic acids is 2. The molecule has 0 aliphatic carbocycles. The van der Waals surface area contributed by atoms with Crippen LogP contribution in [0.15, 0.2) is 18.2 Å². The SMILES string of the molecule is CCCCCCCCNC(=O)c1cc(C(=O)NCCCCCCCC)cc(N(CC(=O)O)CC(=O)O)c1. The molecule has 208 valence electrons. The molecule has 1 aromatic rings. The number of hydrogen-bond donors (Lipinski definition) is 4. The molecule has 9 nitrogen and oxygen atoms in total. The molecule has 0 atom stereocenters. The first-order valence-corrected chi connectivity index (χ1v) is 13.7. The van der Waals surface area contributed by atoms with Crippen molar-refractivity contribution in [2.45, 2.75) is 90.9 Å². The van der Waals surface area contributed by atoms with Gasteiger partial charge < -0.3 is 25.7 Å². The van der Waals surface area contributed by atoms with Crippen molar-refractivity contribution in [2.24, 2.45) is 0 Å². The Kier molecular flexibility index (Phi) is 16.5. The maximum atomic E-state index is 12.9. The van der Waals surface area contributed by atoms with Crippen molar-refractivity contribution in [3.8, 4) is 0 Å². The summed E-state index contributed by atoms with van der Waals surface area (Å²) in [6, 6.07) is 4.34. The van der Waals surface area contributed by atoms with E-state index in [0.29, 0.717) is 13.1 Å². The van der Waals surface area contributed by atoms with Crippen molar-refractivity contribution in [1.82, 2.24) is 10.6 Å². The second-order valence-electron chi connectivity index (χ2n) is 9.46. The molecule has 37 heavy (non-hydrogen) atoms. The number of aliphatic carboxylic acids is 2. The van der Waals surface area contributed by atoms with Gasteiger partial charge in [0.05, 0.1) is 0 Å². The molecule has 0 heterocycles. The zero-order chi connectivity index (χ0) is 27.5. The topological polar surface area (TPSA) is 136 Å². The Balaban J connectivity index is 2.94. The van der Waals surface area contributed by atoms with Crippen LogP contribution < -0.4 is 15.5 Å². The van der Waals surface area contributed by atoms with Crippen LogP contribution >= 0.6 is 0 Å². The van der Waals surface area contributed by atoms with E-state index < -0.39 is 25.0 Å². The van der Waals surface area contributed by atoms with Crippen molar-refractivity contribution in [3.63, 3.8) is 0 Å². The third-order valence-corrected chi connectivity index (χ3v) is 6.09. The van der Waals surface area contributed by atoms with Gasteiger partial charge in [0, 0.05) is 29.9 Å². The first-order chi connectivity index (χ1) is 17.8. The molecule has 0 saturated carbocycles. The molecule has 0 saturated heterocycles. The third-order valence-electron chi connectivity index (χ3n) is 6.09. The van der Waals surface area contributed by atoms with Gasteiger partial charge in [0.2, 0.25) is 0 Å². The lowest BCUT2D eigenvalue weighted by Crippen LogP contribution is -2.35. The number of benzene rings is 1. The van der Waals surface area contributed by atoms with Crippen molar-refractivity contribution in [3.05, 3.63) is 29.3 Å². The Hall–Kier alpha value is -3.10. The summed E-state index contributed by atoms with van der Waals surface area (Å²) in [5.41, 5.74) is 0.574. The van der Waals surface area contributed by atoms with Crippen LogP contribution in [0.4, 0.5) is 5.69 Å². The highest BCUT2D eigenvalue weighted by atomic mass is 16.4. The predicted octanol–water partition coefficient (Wildman–Crippen LogP) is 4.84. The Morgan fingerprint density at radius 2 is 1.00 bits per heavy atom. The lowest BCUT2D eigenvalue weighted by atomic mass is 10.1. The summed E-state index contributed by atoms with van der Waals surface area (Å²) in [5, 5.41) is 24.2. The molecule has 0 aliphatic heterocycles. The van der Waals surface area contributed by atoms with Crippen molar-refractivity contribution >= 4 is 29.4 Å². The standard InChI is InChI=1S/C28H45N3O6/c1-3-5-7-9-11-13-15-29-27(36)22-17-23(28(37)30-16-14-12-10-8-6-4-2)19-24(18-22)31(20-25(32)33)21-26(34)35/h17-19H,3-16,20-21H2,1-2H3,(H,29,36)(H,30,37)(H,32,33)(H,34,35). The van der Waals surface area contributed by atoms with E-state index in [2.05, 4.69) is 24.5 Å². The Morgan fingerprint density at radius 1 is 0.622 bits per heavy atom. The third kappa shape index (κ3) is 14.3. The van der Waals surface area contributed by atoms with Gasteiger partial charge in [-0.05, 0) is 31.0 Å². The highest BCUT2D eigenvalue weighted by Crippen LogP contribution is 2.20. The summed E-state index contributed by atoms with van der Waals surface area (Å²) in [4.78, 5) is 49.5. The van der Waals surface area contributed by atoms with E-state index in [1.807, 2.05) is 0 Å². The van der Waals surface area contributed by atoms with Crippen LogP contribution in [0.3, 0.4) is 0 Å². The molecule has 1 aromatic carbocycles. The maximum Gasteiger partial charge on any atom is 0.323 e. The van der Waals surface area contributed by atoms with Gasteiger partial charge in [-0.15, -0.1) is 0 Å². The number of carboxylic acid groups (broad SMARTS) is 2. The van der Waals surface area contributed by atoms with Crippen LogP contribution in [-0.4, -0.2) is 60.1 Å². The van der Waals surface area contributed by atoms with Crippen molar-refractivity contribution < 1.29 is 29.4 Å². The fourth-order valence-corrected chi connectivity index (χ4v) is 4.04. The average molecular weight is 520 g/mol. The lowest BCUT2D eigenvalue weighted by molar-refractivity contribution is -0.136. The first-order valence-electron chi connectivity index (χ1n) is 13.7. The number of unbranched alkanes of at least 4 members (excludes halogenated alkanes) is 10. The maximum absolute atomic E-state index is 12.9. The van der Waals surface area contributed by atoms with E-state index in [1.54, 1.807) is 0 Å². The molecule has 0 fully saturated rings. The molecule has 0 spiro atoms. The normalized spacial score (nSPS) is 10.6. The zero-order valence-electron chi connectivity index (χ0n) is 22.5. The molecular formula is C28H45N3O6. The molecule has 4 N–H and O–H groups in total. The van der Waals surface area contributed by atoms with Gasteiger partial charge >= 0.3 is 11.9 Å². The molecular weight excluding hydrogens is 474 g/mol. The summed E-state index contributed by atoms with van der Waals surface area (Å²) < 4.78 is 0. The molecule has 1 rings (SSSR count). The summed E-state index contributed by atoms with van der Waals surface area (Å²) in [5.74, 6) is -3.20. The Morgan fingerprint density at radius 3 is 1.38 bits per heavy atom. The number of rotatable bonds is 21. The fraction of sp³-hybridized carbons (Fsp3) is 0.643. The van der Waals surface area contributed by atoms with Crippen LogP contribution in [0, 0.1) is 0 Å². The van der Waals surface area contributed by atoms with E-state index in [1.165, 1.54) is 56.7 Å². The van der Waals surface area contributed by atoms with Gasteiger partial charge in [0.25, 0.3) is 11.8 Å². The second kappa shape index (κ2) is 19.1. The predicted molar refractivity (Wildman–Crippen MR) is 145 cm³/mol. The monoisotopic (exact) mass is 519 g/mol. The van der Waals surface area contributed by atoms with Crippen molar-refractivity contribution in [1.29, 1.82) is 0 Å². The summed E-state index contributed by atoms with van der Waals surface area (Å²) in [6.07, 6.45) is 13.0. The van der Waals surface area contributed by atoms with Gasteiger partial charge in [0.15, 0.2) is 0 Å². The minimum Gasteiger partial charge on any atom is -0.480 e. The van der Waals surface area contributed by atoms with Crippen LogP contribution in [0.2, 0.25) is 0 Å². The molecule has 0 radical (unpaired) electrons. The van der Waals surface area contributed by atoms with E-state index in [9.17, 15) is 29.4 Å². The zero-order valence-corrected chi connectivity index (χ0v) is 22.5. The number of nitrogens with zero attached hydrogens (tertiary/aromatic N) is 1. The minimum absolute atomic E-state index is 0.189. The molecule has 9 heteroatoms. The van der Waals surface area contributed by atoms with Gasteiger partial charge in [-0.1, -0.05) is 78.1 Å². The fourth-order valence-electron chi connectivity index (χ4n) is 4.04. The van der Waals surface area contributed by atoms with E-state index in [0.717, 1.165) is 43.4 Å². The summed E-state index contributed by atoms with van der Waals surface area (Å²) in [7, 11) is 0. The van der Waals surface area contributed by atoms with Crippen LogP contribution in [0.1, 0.15) is 112 Å². The highest BCUT2D eigenvalue weighted by Gasteiger charge is 2.19. The molecule has 0 bridgehead atoms. The quantitative estimate of drug-likeness (QED) is 0.171. The van der Waals surface area contributed by atoms with Crippen LogP contribution in [0.25, 0.3) is 0 Å². The minimum atomic E-state index is -1.21. The number of carbonyl (C=O) groups is 4. The Labute approximate surface area is 221 Å². The van der Waals surface area contributed by atoms with Gasteiger partial charge in [-0.2, -0.15) is 0 Å². The van der Waals surface area contributed by atoms with Crippen LogP contribution in [-0.2, 0) is 9.59 Å². The number of hydrogen-bond acceptors (Lipinski definition) is 5. The molecule has 0 unspecified atom stereocenters. The highest BCUT2D eigenvalue weighted by molar-refractivity contribution is 6.01. The van der Waals surface area contributed by atoms with Crippen LogP contribution in [0.5, 0.6) is 0 Å². The Bertz CT molecular complexity index is 794. The summed E-state index contributed by atoms with van der Waals surface area (Å²) in [6.45, 7) is 4.14. The van der Waals surface area contributed by atoms with E-state index in [4.69, 9.17) is 0 Å². The number of anilines is 1. The first kappa shape index (κ1) is 31.9. The second-order valence-corrected chi connectivity index (χ2v) is 9.46. The smallest absolute Gasteiger partial charge is 0.323 e. The van der Waals surface area contributed by atoms with E-state index >= 15 is 0 Å². The number of amides is 2. The molecule has 0 aromatic heterocycles.